The molecule has 2 heteroatoms. The molecule has 1 rings (SSSR count). The summed E-state index contributed by atoms with van der Waals surface area (Å²) in [4.78, 5) is 0. The molecule has 0 heterocycles. The van der Waals surface area contributed by atoms with Crippen molar-refractivity contribution in [1.82, 2.24) is 5.32 Å². The normalized spacial score (nSPS) is 16.8. The first-order chi connectivity index (χ1) is 5.27. The number of allylic oxidation sites excluding steroid dienone is 3. The fraction of sp³-hybridized carbons (Fsp3) is 0.600. The Hall–Kier alpha value is 0.01000. The maximum absolute atomic E-state index is 3.24. The molecule has 0 radical (unpaired) electrons. The predicted molar refractivity (Wildman–Crippen MR) is 66.9 cm³/mol. The summed E-state index contributed by atoms with van der Waals surface area (Å²) in [7, 11) is 2.00. The van der Waals surface area contributed by atoms with E-state index in [9.17, 15) is 0 Å². The molecule has 1 nitrogen and oxygen atoms in total. The van der Waals surface area contributed by atoms with Gasteiger partial charge in [0.05, 0.1) is 0 Å². The minimum atomic E-state index is 0. The van der Waals surface area contributed by atoms with Crippen LogP contribution >= 0.6 is 24.0 Å². The van der Waals surface area contributed by atoms with Crippen LogP contribution < -0.4 is 5.32 Å². The van der Waals surface area contributed by atoms with Gasteiger partial charge in [-0.1, -0.05) is 12.5 Å². The molecule has 12 heavy (non-hydrogen) atoms. The number of hydrogen-bond donors (Lipinski definition) is 1. The summed E-state index contributed by atoms with van der Waals surface area (Å²) < 4.78 is 0. The Bertz CT molecular complexity index is 209. The summed E-state index contributed by atoms with van der Waals surface area (Å²) in [6.07, 6.45) is 5.94. The van der Waals surface area contributed by atoms with Crippen LogP contribution in [-0.4, -0.2) is 7.05 Å². The zero-order valence-electron chi connectivity index (χ0n) is 8.11. The average Bonchev–Trinajstić information content (AvgIpc) is 2.04. The minimum absolute atomic E-state index is 0. The molecule has 0 atom stereocenters. The van der Waals surface area contributed by atoms with Gasteiger partial charge in [-0.25, -0.2) is 0 Å². The molecule has 0 fully saturated rings. The lowest BCUT2D eigenvalue weighted by Crippen LogP contribution is -2.10. The van der Waals surface area contributed by atoms with Crippen molar-refractivity contribution in [2.24, 2.45) is 0 Å². The summed E-state index contributed by atoms with van der Waals surface area (Å²) in [6.45, 7) is 4.42. The van der Waals surface area contributed by atoms with Crippen molar-refractivity contribution in [2.75, 3.05) is 7.05 Å². The fourth-order valence-corrected chi connectivity index (χ4v) is 1.52. The highest BCUT2D eigenvalue weighted by Crippen LogP contribution is 2.23. The fourth-order valence-electron chi connectivity index (χ4n) is 1.52. The summed E-state index contributed by atoms with van der Waals surface area (Å²) >= 11 is 0. The van der Waals surface area contributed by atoms with Crippen LogP contribution in [0.25, 0.3) is 0 Å². The highest BCUT2D eigenvalue weighted by Gasteiger charge is 2.07. The Kier molecular flexibility index (Phi) is 5.63. The number of rotatable bonds is 2. The van der Waals surface area contributed by atoms with E-state index in [0.29, 0.717) is 0 Å². The van der Waals surface area contributed by atoms with Gasteiger partial charge < -0.3 is 5.32 Å². The maximum Gasteiger partial charge on any atom is 0.0328 e. The van der Waals surface area contributed by atoms with E-state index in [4.69, 9.17) is 0 Å². The molecule has 72 valence electrons. The molecular formula is C10H20IN. The lowest BCUT2D eigenvalue weighted by molar-refractivity contribution is 0.805. The Morgan fingerprint density at radius 2 is 2.17 bits per heavy atom. The van der Waals surface area contributed by atoms with E-state index in [-0.39, 0.29) is 25.4 Å². The number of nitrogens with one attached hydrogen (secondary N) is 1. The van der Waals surface area contributed by atoms with Crippen LogP contribution in [0.1, 0.15) is 34.5 Å². The molecular weight excluding hydrogens is 261 g/mol. The summed E-state index contributed by atoms with van der Waals surface area (Å²) in [5.74, 6) is 0. The van der Waals surface area contributed by atoms with Gasteiger partial charge in [-0.05, 0) is 37.8 Å². The molecule has 0 unspecified atom stereocenters. The Labute approximate surface area is 93.8 Å². The van der Waals surface area contributed by atoms with Crippen molar-refractivity contribution < 1.29 is 1.43 Å². The summed E-state index contributed by atoms with van der Waals surface area (Å²) in [5, 5.41) is 3.24. The summed E-state index contributed by atoms with van der Waals surface area (Å²) in [5.41, 5.74) is 4.40. The smallest absolute Gasteiger partial charge is 0.0328 e. The molecule has 0 aromatic carbocycles. The van der Waals surface area contributed by atoms with Crippen molar-refractivity contribution in [1.29, 1.82) is 0 Å². The molecule has 0 amide bonds. The highest BCUT2D eigenvalue weighted by molar-refractivity contribution is 14.0. The first kappa shape index (κ1) is 12.0. The highest BCUT2D eigenvalue weighted by atomic mass is 127. The second-order valence-corrected chi connectivity index (χ2v) is 3.11. The van der Waals surface area contributed by atoms with Gasteiger partial charge >= 0.3 is 0 Å². The van der Waals surface area contributed by atoms with Gasteiger partial charge in [-0.3, -0.25) is 0 Å². The van der Waals surface area contributed by atoms with Crippen LogP contribution in [0.3, 0.4) is 0 Å². The standard InChI is InChI=1S/C10H17N.HI.H2/c1-4-9-6-5-8(2)7-10(9)11-3;;/h7,11H,4-6H2,1-3H3;2*1H. The van der Waals surface area contributed by atoms with Crippen LogP contribution in [0.5, 0.6) is 0 Å². The van der Waals surface area contributed by atoms with Crippen LogP contribution in [0.4, 0.5) is 0 Å². The number of halogens is 1. The van der Waals surface area contributed by atoms with Crippen LogP contribution in [0.15, 0.2) is 22.9 Å². The Balaban J connectivity index is 0. The maximum atomic E-state index is 3.24. The minimum Gasteiger partial charge on any atom is -0.388 e. The quantitative estimate of drug-likeness (QED) is 0.764. The van der Waals surface area contributed by atoms with E-state index >= 15 is 0 Å². The molecule has 1 N–H and O–H groups in total. The van der Waals surface area contributed by atoms with E-state index in [2.05, 4.69) is 25.2 Å². The predicted octanol–water partition coefficient (Wildman–Crippen LogP) is 3.47. The van der Waals surface area contributed by atoms with Crippen molar-refractivity contribution in [2.45, 2.75) is 33.1 Å². The second kappa shape index (κ2) is 5.62. The first-order valence-electron chi connectivity index (χ1n) is 4.35. The molecule has 1 aliphatic carbocycles. The van der Waals surface area contributed by atoms with E-state index in [1.54, 1.807) is 5.57 Å². The van der Waals surface area contributed by atoms with Gasteiger partial charge in [-0.15, -0.1) is 24.0 Å². The first-order valence-corrected chi connectivity index (χ1v) is 4.35. The largest absolute Gasteiger partial charge is 0.388 e. The van der Waals surface area contributed by atoms with E-state index in [1.165, 1.54) is 30.5 Å². The molecule has 0 spiro atoms. The van der Waals surface area contributed by atoms with Gasteiger partial charge in [0.15, 0.2) is 0 Å². The van der Waals surface area contributed by atoms with Crippen molar-refractivity contribution in [3.8, 4) is 0 Å². The Morgan fingerprint density at radius 1 is 1.50 bits per heavy atom. The molecule has 0 bridgehead atoms. The van der Waals surface area contributed by atoms with Crippen molar-refractivity contribution >= 4 is 24.0 Å². The lowest BCUT2D eigenvalue weighted by atomic mass is 9.95. The van der Waals surface area contributed by atoms with Crippen molar-refractivity contribution in [3.63, 3.8) is 0 Å². The lowest BCUT2D eigenvalue weighted by Gasteiger charge is -2.17. The van der Waals surface area contributed by atoms with Gasteiger partial charge in [0.1, 0.15) is 0 Å². The zero-order chi connectivity index (χ0) is 8.27. The SMILES string of the molecule is CCC1=C(NC)C=C(C)CC1.I.[HH]. The van der Waals surface area contributed by atoms with Crippen LogP contribution in [-0.2, 0) is 0 Å². The van der Waals surface area contributed by atoms with Gasteiger partial charge in [-0.2, -0.15) is 0 Å². The third-order valence-electron chi connectivity index (χ3n) is 2.29. The van der Waals surface area contributed by atoms with Gasteiger partial charge in [0.25, 0.3) is 0 Å². The molecule has 0 aromatic rings. The van der Waals surface area contributed by atoms with Gasteiger partial charge in [0.2, 0.25) is 0 Å². The molecule has 0 aromatic heterocycles. The van der Waals surface area contributed by atoms with E-state index in [0.717, 1.165) is 0 Å². The van der Waals surface area contributed by atoms with E-state index in [1.807, 2.05) is 7.05 Å². The third-order valence-corrected chi connectivity index (χ3v) is 2.29. The second-order valence-electron chi connectivity index (χ2n) is 3.11. The number of likely N-dealkylation sites (N-methyl/N-ethyl adjacent to an activating group) is 1. The molecule has 0 saturated heterocycles. The zero-order valence-corrected chi connectivity index (χ0v) is 10.4. The van der Waals surface area contributed by atoms with Crippen LogP contribution in [0, 0.1) is 0 Å². The molecule has 0 saturated carbocycles. The average molecular weight is 281 g/mol. The Morgan fingerprint density at radius 3 is 2.67 bits per heavy atom. The van der Waals surface area contributed by atoms with Crippen molar-refractivity contribution in [3.05, 3.63) is 22.9 Å². The monoisotopic (exact) mass is 281 g/mol. The van der Waals surface area contributed by atoms with Gasteiger partial charge in [0, 0.05) is 14.2 Å². The summed E-state index contributed by atoms with van der Waals surface area (Å²) in [6, 6.07) is 0. The van der Waals surface area contributed by atoms with E-state index < -0.39 is 0 Å². The molecule has 0 aliphatic heterocycles. The topological polar surface area (TPSA) is 12.0 Å². The number of hydrogen-bond acceptors (Lipinski definition) is 1. The van der Waals surface area contributed by atoms with Crippen LogP contribution in [0.2, 0.25) is 0 Å². The third kappa shape index (κ3) is 2.81. The molecule has 1 aliphatic rings.